The van der Waals surface area contributed by atoms with Crippen LogP contribution in [-0.4, -0.2) is 4.98 Å². The van der Waals surface area contributed by atoms with Gasteiger partial charge in [0.2, 0.25) is 5.88 Å². The molecule has 94 valence electrons. The fourth-order valence-corrected chi connectivity index (χ4v) is 2.03. The topological polar surface area (TPSA) is 48.1 Å². The molecule has 6 heteroatoms. The molecule has 1 aromatic heterocycles. The van der Waals surface area contributed by atoms with Gasteiger partial charge < -0.3 is 10.5 Å². The van der Waals surface area contributed by atoms with Crippen LogP contribution in [-0.2, 0) is 0 Å². The molecule has 0 aliphatic heterocycles. The predicted molar refractivity (Wildman–Crippen MR) is 77.6 cm³/mol. The minimum Gasteiger partial charge on any atom is -0.436 e. The summed E-state index contributed by atoms with van der Waals surface area (Å²) in [4.78, 5) is 4.11. The second-order valence-electron chi connectivity index (χ2n) is 3.63. The molecule has 3 nitrogen and oxygen atoms in total. The first-order chi connectivity index (χ1) is 8.49. The lowest BCUT2D eigenvalue weighted by atomic mass is 10.2. The summed E-state index contributed by atoms with van der Waals surface area (Å²) in [6.07, 6.45) is 1.54. The second kappa shape index (κ2) is 5.34. The fourth-order valence-electron chi connectivity index (χ4n) is 1.30. The van der Waals surface area contributed by atoms with E-state index >= 15 is 0 Å². The Morgan fingerprint density at radius 3 is 2.78 bits per heavy atom. The molecule has 0 bridgehead atoms. The van der Waals surface area contributed by atoms with Crippen LogP contribution in [0.5, 0.6) is 11.6 Å². The van der Waals surface area contributed by atoms with Crippen molar-refractivity contribution in [3.05, 3.63) is 44.5 Å². The third kappa shape index (κ3) is 2.71. The largest absolute Gasteiger partial charge is 0.436 e. The molecule has 0 radical (unpaired) electrons. The molecule has 2 rings (SSSR count). The van der Waals surface area contributed by atoms with Gasteiger partial charge in [0, 0.05) is 11.1 Å². The third-order valence-corrected chi connectivity index (χ3v) is 3.85. The van der Waals surface area contributed by atoms with Crippen LogP contribution in [0.4, 0.5) is 5.69 Å². The van der Waals surface area contributed by atoms with Crippen LogP contribution < -0.4 is 10.5 Å². The van der Waals surface area contributed by atoms with Crippen LogP contribution in [0.3, 0.4) is 0 Å². The van der Waals surface area contributed by atoms with Crippen molar-refractivity contribution < 1.29 is 4.74 Å². The van der Waals surface area contributed by atoms with Crippen LogP contribution in [0.2, 0.25) is 10.0 Å². The summed E-state index contributed by atoms with van der Waals surface area (Å²) in [5.74, 6) is 0.840. The summed E-state index contributed by atoms with van der Waals surface area (Å²) < 4.78 is 6.32. The molecule has 0 saturated heterocycles. The second-order valence-corrected chi connectivity index (χ2v) is 5.27. The van der Waals surface area contributed by atoms with Gasteiger partial charge in [-0.2, -0.15) is 0 Å². The summed E-state index contributed by atoms with van der Waals surface area (Å²) in [6.45, 7) is 1.87. The van der Waals surface area contributed by atoms with Gasteiger partial charge >= 0.3 is 0 Å². The number of hydrogen-bond acceptors (Lipinski definition) is 3. The summed E-state index contributed by atoms with van der Waals surface area (Å²) in [6, 6.07) is 4.98. The van der Waals surface area contributed by atoms with Gasteiger partial charge in [-0.25, -0.2) is 4.98 Å². The standard InChI is InChI=1S/C12H9BrCl2N2O/c1-6-9(16)5-17-12(11(6)13)18-10-4-7(14)2-3-8(10)15/h2-5H,16H2,1H3. The molecule has 0 spiro atoms. The van der Waals surface area contributed by atoms with Gasteiger partial charge in [0.05, 0.1) is 21.4 Å². The van der Waals surface area contributed by atoms with E-state index in [2.05, 4.69) is 20.9 Å². The Hall–Kier alpha value is -0.970. The van der Waals surface area contributed by atoms with Crippen LogP contribution >= 0.6 is 39.1 Å². The minimum absolute atomic E-state index is 0.394. The normalized spacial score (nSPS) is 10.4. The Labute approximate surface area is 123 Å². The van der Waals surface area contributed by atoms with Crippen LogP contribution in [0.1, 0.15) is 5.56 Å². The van der Waals surface area contributed by atoms with Gasteiger partial charge in [0.1, 0.15) is 5.75 Å². The SMILES string of the molecule is Cc1c(N)cnc(Oc2cc(Cl)ccc2Cl)c1Br. The number of anilines is 1. The summed E-state index contributed by atoms with van der Waals surface area (Å²) >= 11 is 15.3. The average Bonchev–Trinajstić information content (AvgIpc) is 2.34. The Kier molecular flexibility index (Phi) is 4.00. The maximum absolute atomic E-state index is 6.02. The van der Waals surface area contributed by atoms with Gasteiger partial charge in [-0.05, 0) is 40.5 Å². The first-order valence-corrected chi connectivity index (χ1v) is 6.57. The maximum Gasteiger partial charge on any atom is 0.234 e. The van der Waals surface area contributed by atoms with Crippen molar-refractivity contribution in [2.45, 2.75) is 6.92 Å². The van der Waals surface area contributed by atoms with Crippen molar-refractivity contribution in [2.24, 2.45) is 0 Å². The molecule has 1 aromatic carbocycles. The highest BCUT2D eigenvalue weighted by Crippen LogP contribution is 2.36. The molecule has 2 aromatic rings. The van der Waals surface area contributed by atoms with E-state index in [1.165, 1.54) is 6.20 Å². The maximum atomic E-state index is 6.02. The third-order valence-electron chi connectivity index (χ3n) is 2.37. The van der Waals surface area contributed by atoms with Gasteiger partial charge in [0.25, 0.3) is 0 Å². The zero-order chi connectivity index (χ0) is 13.3. The molecule has 0 fully saturated rings. The lowest BCUT2D eigenvalue weighted by molar-refractivity contribution is 0.459. The van der Waals surface area contributed by atoms with E-state index < -0.39 is 0 Å². The molecule has 0 unspecified atom stereocenters. The zero-order valence-electron chi connectivity index (χ0n) is 9.38. The van der Waals surface area contributed by atoms with E-state index in [4.69, 9.17) is 33.7 Å². The highest BCUT2D eigenvalue weighted by Gasteiger charge is 2.11. The number of rotatable bonds is 2. The number of nitrogen functional groups attached to an aromatic ring is 1. The number of pyridine rings is 1. The summed E-state index contributed by atoms with van der Waals surface area (Å²) in [5.41, 5.74) is 7.19. The minimum atomic E-state index is 0.394. The van der Waals surface area contributed by atoms with E-state index in [-0.39, 0.29) is 0 Å². The number of nitrogens with two attached hydrogens (primary N) is 1. The number of benzene rings is 1. The Bertz CT molecular complexity index is 605. The predicted octanol–water partition coefficient (Wildman–Crippen LogP) is 4.83. The Balaban J connectivity index is 2.40. The van der Waals surface area contributed by atoms with Crippen molar-refractivity contribution in [3.8, 4) is 11.6 Å². The van der Waals surface area contributed by atoms with Crippen molar-refractivity contribution in [1.29, 1.82) is 0 Å². The quantitative estimate of drug-likeness (QED) is 0.845. The Morgan fingerprint density at radius 2 is 2.06 bits per heavy atom. The highest BCUT2D eigenvalue weighted by molar-refractivity contribution is 9.10. The van der Waals surface area contributed by atoms with Crippen LogP contribution in [0, 0.1) is 6.92 Å². The lowest BCUT2D eigenvalue weighted by Gasteiger charge is -2.11. The van der Waals surface area contributed by atoms with E-state index in [9.17, 15) is 0 Å². The van der Waals surface area contributed by atoms with E-state index in [0.717, 1.165) is 5.56 Å². The number of nitrogens with zero attached hydrogens (tertiary/aromatic N) is 1. The van der Waals surface area contributed by atoms with Gasteiger partial charge in [0.15, 0.2) is 0 Å². The number of ether oxygens (including phenoxy) is 1. The average molecular weight is 348 g/mol. The van der Waals surface area contributed by atoms with E-state index in [1.54, 1.807) is 18.2 Å². The van der Waals surface area contributed by atoms with Crippen molar-refractivity contribution in [3.63, 3.8) is 0 Å². The smallest absolute Gasteiger partial charge is 0.234 e. The van der Waals surface area contributed by atoms with Crippen molar-refractivity contribution >= 4 is 44.8 Å². The first kappa shape index (κ1) is 13.5. The Morgan fingerprint density at radius 1 is 1.33 bits per heavy atom. The number of halogens is 3. The summed E-state index contributed by atoms with van der Waals surface area (Å²) in [7, 11) is 0. The van der Waals surface area contributed by atoms with Crippen LogP contribution in [0.15, 0.2) is 28.9 Å². The summed E-state index contributed by atoms with van der Waals surface area (Å²) in [5, 5.41) is 1.00. The van der Waals surface area contributed by atoms with Crippen molar-refractivity contribution in [1.82, 2.24) is 4.98 Å². The van der Waals surface area contributed by atoms with E-state index in [1.807, 2.05) is 6.92 Å². The monoisotopic (exact) mass is 346 g/mol. The number of hydrogen-bond donors (Lipinski definition) is 1. The molecular weight excluding hydrogens is 339 g/mol. The van der Waals surface area contributed by atoms with Gasteiger partial charge in [-0.15, -0.1) is 0 Å². The van der Waals surface area contributed by atoms with E-state index in [0.29, 0.717) is 31.8 Å². The van der Waals surface area contributed by atoms with Gasteiger partial charge in [-0.3, -0.25) is 0 Å². The molecule has 2 N–H and O–H groups in total. The first-order valence-electron chi connectivity index (χ1n) is 5.02. The molecule has 0 aliphatic carbocycles. The van der Waals surface area contributed by atoms with Gasteiger partial charge in [-0.1, -0.05) is 23.2 Å². The highest BCUT2D eigenvalue weighted by atomic mass is 79.9. The molecule has 0 saturated carbocycles. The lowest BCUT2D eigenvalue weighted by Crippen LogP contribution is -1.96. The van der Waals surface area contributed by atoms with Crippen molar-refractivity contribution in [2.75, 3.05) is 5.73 Å². The molecular formula is C12H9BrCl2N2O. The zero-order valence-corrected chi connectivity index (χ0v) is 12.5. The van der Waals surface area contributed by atoms with Crippen LogP contribution in [0.25, 0.3) is 0 Å². The molecule has 0 aliphatic rings. The molecule has 0 atom stereocenters. The molecule has 1 heterocycles. The number of aromatic nitrogens is 1. The fraction of sp³-hybridized carbons (Fsp3) is 0.0833. The molecule has 18 heavy (non-hydrogen) atoms. The molecule has 0 amide bonds.